The minimum absolute atomic E-state index is 0.114. The van der Waals surface area contributed by atoms with E-state index in [1.165, 1.54) is 13.0 Å². The first-order valence-corrected chi connectivity index (χ1v) is 7.76. The van der Waals surface area contributed by atoms with Crippen molar-refractivity contribution >= 4 is 11.9 Å². The standard InChI is InChI=1S/C15H25NO8/c1-3-4-7-23-15(14(21)22)6-5-10(16-9(2)18)13(24-15)12(20)11(19)8-17/h5-6,10-13,17,19-20H,3-4,7-8H2,1-2H3,(H,16,18)(H,21,22)/t10-,11-,12-,13-,15+/m1/s1. The average molecular weight is 347 g/mol. The lowest BCUT2D eigenvalue weighted by molar-refractivity contribution is -0.261. The molecule has 9 heteroatoms. The summed E-state index contributed by atoms with van der Waals surface area (Å²) in [7, 11) is 0. The molecule has 0 saturated heterocycles. The van der Waals surface area contributed by atoms with E-state index in [0.717, 1.165) is 12.5 Å². The highest BCUT2D eigenvalue weighted by molar-refractivity contribution is 5.79. The van der Waals surface area contributed by atoms with Gasteiger partial charge in [-0.15, -0.1) is 0 Å². The van der Waals surface area contributed by atoms with Crippen LogP contribution in [0.5, 0.6) is 0 Å². The summed E-state index contributed by atoms with van der Waals surface area (Å²) in [5.74, 6) is -3.99. The number of carboxylic acids is 1. The van der Waals surface area contributed by atoms with E-state index in [4.69, 9.17) is 14.6 Å². The molecule has 0 spiro atoms. The van der Waals surface area contributed by atoms with Crippen molar-refractivity contribution in [3.05, 3.63) is 12.2 Å². The van der Waals surface area contributed by atoms with E-state index in [0.29, 0.717) is 6.42 Å². The highest BCUT2D eigenvalue weighted by Gasteiger charge is 2.49. The molecule has 0 saturated carbocycles. The van der Waals surface area contributed by atoms with Gasteiger partial charge in [0.2, 0.25) is 5.91 Å². The molecule has 9 nitrogen and oxygen atoms in total. The number of ether oxygens (including phenoxy) is 2. The molecule has 0 aromatic heterocycles. The summed E-state index contributed by atoms with van der Waals surface area (Å²) in [4.78, 5) is 22.9. The van der Waals surface area contributed by atoms with Gasteiger partial charge in [-0.25, -0.2) is 4.79 Å². The van der Waals surface area contributed by atoms with Crippen molar-refractivity contribution in [3.63, 3.8) is 0 Å². The molecule has 0 radical (unpaired) electrons. The Balaban J connectivity index is 3.09. The molecular formula is C15H25NO8. The fourth-order valence-electron chi connectivity index (χ4n) is 2.26. The molecule has 1 aliphatic rings. The van der Waals surface area contributed by atoms with Crippen LogP contribution >= 0.6 is 0 Å². The molecule has 5 N–H and O–H groups in total. The molecule has 0 aromatic carbocycles. The van der Waals surface area contributed by atoms with Crippen LogP contribution in [-0.4, -0.2) is 75.7 Å². The number of carbonyl (C=O) groups is 2. The third-order valence-corrected chi connectivity index (χ3v) is 3.59. The number of nitrogens with one attached hydrogen (secondary N) is 1. The normalized spacial score (nSPS) is 29.0. The van der Waals surface area contributed by atoms with Gasteiger partial charge in [0.05, 0.1) is 19.3 Å². The zero-order chi connectivity index (χ0) is 18.3. The number of aliphatic hydroxyl groups is 3. The van der Waals surface area contributed by atoms with Gasteiger partial charge >= 0.3 is 5.97 Å². The molecule has 1 rings (SSSR count). The predicted octanol–water partition coefficient (Wildman–Crippen LogP) is -1.24. The molecule has 0 unspecified atom stereocenters. The predicted molar refractivity (Wildman–Crippen MR) is 81.9 cm³/mol. The second kappa shape index (κ2) is 9.09. The molecule has 0 aliphatic carbocycles. The Kier molecular flexibility index (Phi) is 7.77. The zero-order valence-corrected chi connectivity index (χ0v) is 13.7. The van der Waals surface area contributed by atoms with Gasteiger partial charge in [0.1, 0.15) is 18.3 Å². The van der Waals surface area contributed by atoms with E-state index in [9.17, 15) is 24.9 Å². The van der Waals surface area contributed by atoms with Gasteiger partial charge in [-0.3, -0.25) is 4.79 Å². The highest BCUT2D eigenvalue weighted by atomic mass is 16.7. The van der Waals surface area contributed by atoms with Crippen LogP contribution in [0.2, 0.25) is 0 Å². The topological polar surface area (TPSA) is 146 Å². The third-order valence-electron chi connectivity index (χ3n) is 3.59. The van der Waals surface area contributed by atoms with Crippen LogP contribution in [-0.2, 0) is 19.1 Å². The van der Waals surface area contributed by atoms with E-state index in [1.54, 1.807) is 0 Å². The van der Waals surface area contributed by atoms with Crippen molar-refractivity contribution in [2.45, 2.75) is 56.8 Å². The molecule has 1 heterocycles. The van der Waals surface area contributed by atoms with E-state index in [-0.39, 0.29) is 6.61 Å². The number of carboxylic acid groups (broad SMARTS) is 1. The second-order valence-electron chi connectivity index (χ2n) is 5.58. The molecule has 0 bridgehead atoms. The number of aliphatic hydroxyl groups excluding tert-OH is 3. The maximum Gasteiger partial charge on any atom is 0.368 e. The molecule has 0 aromatic rings. The molecule has 24 heavy (non-hydrogen) atoms. The number of carbonyl (C=O) groups excluding carboxylic acids is 1. The number of aliphatic carboxylic acids is 1. The van der Waals surface area contributed by atoms with E-state index >= 15 is 0 Å². The number of unbranched alkanes of at least 4 members (excludes halogenated alkanes) is 1. The smallest absolute Gasteiger partial charge is 0.368 e. The second-order valence-corrected chi connectivity index (χ2v) is 5.58. The quantitative estimate of drug-likeness (QED) is 0.257. The number of hydrogen-bond acceptors (Lipinski definition) is 7. The fraction of sp³-hybridized carbons (Fsp3) is 0.733. The van der Waals surface area contributed by atoms with Gasteiger partial charge in [0.15, 0.2) is 0 Å². The van der Waals surface area contributed by atoms with E-state index in [2.05, 4.69) is 5.32 Å². The lowest BCUT2D eigenvalue weighted by Gasteiger charge is -2.40. The van der Waals surface area contributed by atoms with Crippen molar-refractivity contribution < 1.29 is 39.5 Å². The Morgan fingerprint density at radius 1 is 1.42 bits per heavy atom. The average Bonchev–Trinajstić information content (AvgIpc) is 2.54. The lowest BCUT2D eigenvalue weighted by atomic mass is 9.96. The van der Waals surface area contributed by atoms with Crippen molar-refractivity contribution in [1.82, 2.24) is 5.32 Å². The minimum atomic E-state index is -2.13. The molecule has 1 amide bonds. The fourth-order valence-corrected chi connectivity index (χ4v) is 2.26. The summed E-state index contributed by atoms with van der Waals surface area (Å²) in [5.41, 5.74) is 0. The Hall–Kier alpha value is -1.52. The van der Waals surface area contributed by atoms with Gasteiger partial charge in [-0.05, 0) is 12.5 Å². The molecule has 1 aliphatic heterocycles. The molecular weight excluding hydrogens is 322 g/mol. The molecule has 5 atom stereocenters. The Bertz CT molecular complexity index is 468. The largest absolute Gasteiger partial charge is 0.477 e. The van der Waals surface area contributed by atoms with E-state index in [1.807, 2.05) is 6.92 Å². The first kappa shape index (κ1) is 20.5. The van der Waals surface area contributed by atoms with Gasteiger partial charge in [0.25, 0.3) is 5.79 Å². The SMILES string of the molecule is CCCCO[C@@]1(C(=O)O)C=C[C@@H](NC(C)=O)[C@H]([C@H](O)[C@H](O)CO)O1. The van der Waals surface area contributed by atoms with Crippen molar-refractivity contribution in [3.8, 4) is 0 Å². The van der Waals surface area contributed by atoms with Gasteiger partial charge in [-0.2, -0.15) is 0 Å². The van der Waals surface area contributed by atoms with Crippen LogP contribution in [0, 0.1) is 0 Å². The van der Waals surface area contributed by atoms with Crippen LogP contribution in [0.1, 0.15) is 26.7 Å². The van der Waals surface area contributed by atoms with Gasteiger partial charge < -0.3 is 35.2 Å². The molecule has 0 fully saturated rings. The van der Waals surface area contributed by atoms with Crippen LogP contribution in [0.25, 0.3) is 0 Å². The Morgan fingerprint density at radius 2 is 2.08 bits per heavy atom. The number of rotatable bonds is 9. The van der Waals surface area contributed by atoms with Gasteiger partial charge in [-0.1, -0.05) is 19.4 Å². The summed E-state index contributed by atoms with van der Waals surface area (Å²) < 4.78 is 10.8. The van der Waals surface area contributed by atoms with Crippen molar-refractivity contribution in [1.29, 1.82) is 0 Å². The van der Waals surface area contributed by atoms with Crippen LogP contribution < -0.4 is 5.32 Å². The summed E-state index contributed by atoms with van der Waals surface area (Å²) in [6.45, 7) is 2.51. The Labute approximate surface area is 139 Å². The maximum atomic E-state index is 11.6. The Morgan fingerprint density at radius 3 is 2.58 bits per heavy atom. The van der Waals surface area contributed by atoms with E-state index < -0.39 is 48.6 Å². The number of amides is 1. The number of hydrogen-bond donors (Lipinski definition) is 5. The first-order valence-electron chi connectivity index (χ1n) is 7.76. The first-order chi connectivity index (χ1) is 11.3. The van der Waals surface area contributed by atoms with Crippen LogP contribution in [0.15, 0.2) is 12.2 Å². The zero-order valence-electron chi connectivity index (χ0n) is 13.7. The molecule has 138 valence electrons. The maximum absolute atomic E-state index is 11.6. The lowest BCUT2D eigenvalue weighted by Crippen LogP contribution is -2.60. The highest BCUT2D eigenvalue weighted by Crippen LogP contribution is 2.28. The monoisotopic (exact) mass is 347 g/mol. The van der Waals surface area contributed by atoms with Crippen LogP contribution in [0.4, 0.5) is 0 Å². The summed E-state index contributed by atoms with van der Waals surface area (Å²) >= 11 is 0. The summed E-state index contributed by atoms with van der Waals surface area (Å²) in [6, 6.07) is -0.888. The van der Waals surface area contributed by atoms with Crippen molar-refractivity contribution in [2.24, 2.45) is 0 Å². The van der Waals surface area contributed by atoms with Crippen LogP contribution in [0.3, 0.4) is 0 Å². The minimum Gasteiger partial charge on any atom is -0.477 e. The van der Waals surface area contributed by atoms with Gasteiger partial charge in [0, 0.05) is 6.92 Å². The van der Waals surface area contributed by atoms with Crippen molar-refractivity contribution in [2.75, 3.05) is 13.2 Å². The third kappa shape index (κ3) is 4.99. The summed E-state index contributed by atoms with van der Waals surface area (Å²) in [5, 5.41) is 40.7. The summed E-state index contributed by atoms with van der Waals surface area (Å²) in [6.07, 6.45) is -0.649.